The zero-order valence-electron chi connectivity index (χ0n) is 12.6. The minimum absolute atomic E-state index is 0.105. The van der Waals surface area contributed by atoms with Gasteiger partial charge in [0.15, 0.2) is 0 Å². The summed E-state index contributed by atoms with van der Waals surface area (Å²) in [6, 6.07) is 7.80. The van der Waals surface area contributed by atoms with Gasteiger partial charge in [-0.1, -0.05) is 23.7 Å². The lowest BCUT2D eigenvalue weighted by Gasteiger charge is -2.16. The predicted octanol–water partition coefficient (Wildman–Crippen LogP) is 2.88. The second kappa shape index (κ2) is 6.51. The van der Waals surface area contributed by atoms with Crippen LogP contribution in [0, 0.1) is 0 Å². The standard InChI is InChI=1S/C16H15ClN2O4S/c17-15-14(16(20)21)9-12(10-18-15)11-4-3-5-13(8-11)24(22,23)19-6-1-2-7-19/h3-5,8-10H,1-2,6-7H2,(H,20,21). The molecule has 2 aromatic rings. The van der Waals surface area contributed by atoms with Crippen molar-refractivity contribution in [1.29, 1.82) is 0 Å². The molecule has 1 aromatic carbocycles. The van der Waals surface area contributed by atoms with Crippen LogP contribution in [0.25, 0.3) is 11.1 Å². The number of carboxylic acid groups (broad SMARTS) is 1. The molecule has 0 amide bonds. The summed E-state index contributed by atoms with van der Waals surface area (Å²) in [5.41, 5.74) is 0.944. The van der Waals surface area contributed by atoms with Gasteiger partial charge in [0.2, 0.25) is 10.0 Å². The third-order valence-electron chi connectivity index (χ3n) is 3.94. The maximum Gasteiger partial charge on any atom is 0.338 e. The molecule has 0 bridgehead atoms. The number of aromatic carboxylic acids is 1. The molecule has 8 heteroatoms. The molecule has 0 atom stereocenters. The van der Waals surface area contributed by atoms with Crippen LogP contribution in [0.5, 0.6) is 0 Å². The van der Waals surface area contributed by atoms with Gasteiger partial charge in [0, 0.05) is 24.8 Å². The molecule has 1 aliphatic heterocycles. The molecule has 0 saturated carbocycles. The molecular formula is C16H15ClN2O4S. The van der Waals surface area contributed by atoms with Crippen LogP contribution in [-0.2, 0) is 10.0 Å². The van der Waals surface area contributed by atoms with E-state index in [0.717, 1.165) is 12.8 Å². The lowest BCUT2D eigenvalue weighted by molar-refractivity contribution is 0.0696. The molecule has 24 heavy (non-hydrogen) atoms. The van der Waals surface area contributed by atoms with Crippen LogP contribution in [-0.4, -0.2) is 41.9 Å². The van der Waals surface area contributed by atoms with Crippen molar-refractivity contribution in [2.24, 2.45) is 0 Å². The summed E-state index contributed by atoms with van der Waals surface area (Å²) >= 11 is 5.77. The van der Waals surface area contributed by atoms with E-state index in [1.807, 2.05) is 0 Å². The molecule has 1 aromatic heterocycles. The number of nitrogens with zero attached hydrogens (tertiary/aromatic N) is 2. The van der Waals surface area contributed by atoms with Crippen molar-refractivity contribution < 1.29 is 18.3 Å². The highest BCUT2D eigenvalue weighted by molar-refractivity contribution is 7.89. The van der Waals surface area contributed by atoms with Gasteiger partial charge in [-0.25, -0.2) is 18.2 Å². The minimum atomic E-state index is -3.53. The van der Waals surface area contributed by atoms with E-state index in [1.165, 1.54) is 22.6 Å². The van der Waals surface area contributed by atoms with E-state index in [2.05, 4.69) is 4.98 Å². The summed E-state index contributed by atoms with van der Waals surface area (Å²) in [5, 5.41) is 9.03. The fourth-order valence-electron chi connectivity index (χ4n) is 2.67. The van der Waals surface area contributed by atoms with E-state index >= 15 is 0 Å². The Labute approximate surface area is 144 Å². The maximum absolute atomic E-state index is 12.6. The molecular weight excluding hydrogens is 352 g/mol. The van der Waals surface area contributed by atoms with Gasteiger partial charge in [-0.2, -0.15) is 4.31 Å². The first-order chi connectivity index (χ1) is 11.4. The van der Waals surface area contributed by atoms with E-state index in [0.29, 0.717) is 24.2 Å². The average molecular weight is 367 g/mol. The first-order valence-electron chi connectivity index (χ1n) is 7.39. The number of rotatable bonds is 4. The van der Waals surface area contributed by atoms with Crippen molar-refractivity contribution in [3.63, 3.8) is 0 Å². The number of benzene rings is 1. The third-order valence-corrected chi connectivity index (χ3v) is 6.14. The van der Waals surface area contributed by atoms with E-state index in [9.17, 15) is 13.2 Å². The van der Waals surface area contributed by atoms with Crippen LogP contribution in [0.3, 0.4) is 0 Å². The van der Waals surface area contributed by atoms with E-state index in [1.54, 1.807) is 18.2 Å². The average Bonchev–Trinajstić information content (AvgIpc) is 3.10. The van der Waals surface area contributed by atoms with Gasteiger partial charge in [0.1, 0.15) is 5.15 Å². The fourth-order valence-corrected chi connectivity index (χ4v) is 4.42. The Morgan fingerprint density at radius 1 is 1.17 bits per heavy atom. The largest absolute Gasteiger partial charge is 0.478 e. The smallest absolute Gasteiger partial charge is 0.338 e. The van der Waals surface area contributed by atoms with Crippen LogP contribution in [0.4, 0.5) is 0 Å². The van der Waals surface area contributed by atoms with E-state index < -0.39 is 16.0 Å². The van der Waals surface area contributed by atoms with Crippen LogP contribution >= 0.6 is 11.6 Å². The summed E-state index contributed by atoms with van der Waals surface area (Å²) < 4.78 is 26.8. The summed E-state index contributed by atoms with van der Waals surface area (Å²) in [7, 11) is -3.53. The topological polar surface area (TPSA) is 87.6 Å². The molecule has 1 fully saturated rings. The summed E-state index contributed by atoms with van der Waals surface area (Å²) in [6.45, 7) is 1.05. The molecule has 0 unspecified atom stereocenters. The quantitative estimate of drug-likeness (QED) is 0.840. The normalized spacial score (nSPS) is 15.5. The number of carboxylic acids is 1. The molecule has 0 spiro atoms. The van der Waals surface area contributed by atoms with Gasteiger partial charge < -0.3 is 5.11 Å². The van der Waals surface area contributed by atoms with Crippen LogP contribution in [0.2, 0.25) is 5.15 Å². The Hall–Kier alpha value is -1.96. The summed E-state index contributed by atoms with van der Waals surface area (Å²) in [4.78, 5) is 15.2. The summed E-state index contributed by atoms with van der Waals surface area (Å²) in [5.74, 6) is -1.19. The van der Waals surface area contributed by atoms with Crippen molar-refractivity contribution in [3.8, 4) is 11.1 Å². The second-order valence-corrected chi connectivity index (χ2v) is 7.80. The van der Waals surface area contributed by atoms with Gasteiger partial charge >= 0.3 is 5.97 Å². The first-order valence-corrected chi connectivity index (χ1v) is 9.21. The zero-order chi connectivity index (χ0) is 17.3. The molecule has 0 radical (unpaired) electrons. The van der Waals surface area contributed by atoms with Crippen molar-refractivity contribution in [3.05, 3.63) is 47.2 Å². The zero-order valence-corrected chi connectivity index (χ0v) is 14.2. The molecule has 0 aliphatic carbocycles. The van der Waals surface area contributed by atoms with Gasteiger partial charge in [0.05, 0.1) is 10.5 Å². The molecule has 1 saturated heterocycles. The van der Waals surface area contributed by atoms with Crippen molar-refractivity contribution in [1.82, 2.24) is 9.29 Å². The Morgan fingerprint density at radius 2 is 1.88 bits per heavy atom. The van der Waals surface area contributed by atoms with Crippen molar-refractivity contribution >= 4 is 27.6 Å². The minimum Gasteiger partial charge on any atom is -0.478 e. The van der Waals surface area contributed by atoms with Gasteiger partial charge in [0.25, 0.3) is 0 Å². The Bertz CT molecular complexity index is 893. The van der Waals surface area contributed by atoms with Crippen LogP contribution in [0.15, 0.2) is 41.4 Å². The van der Waals surface area contributed by atoms with Crippen molar-refractivity contribution in [2.75, 3.05) is 13.1 Å². The van der Waals surface area contributed by atoms with Gasteiger partial charge in [-0.05, 0) is 36.6 Å². The molecule has 1 aliphatic rings. The Morgan fingerprint density at radius 3 is 2.54 bits per heavy atom. The third kappa shape index (κ3) is 3.15. The Kier molecular flexibility index (Phi) is 4.58. The predicted molar refractivity (Wildman–Crippen MR) is 89.6 cm³/mol. The molecule has 1 N–H and O–H groups in total. The van der Waals surface area contributed by atoms with E-state index in [4.69, 9.17) is 16.7 Å². The molecule has 3 rings (SSSR count). The number of carbonyl (C=O) groups is 1. The number of hydrogen-bond donors (Lipinski definition) is 1. The number of pyridine rings is 1. The number of halogens is 1. The number of hydrogen-bond acceptors (Lipinski definition) is 4. The highest BCUT2D eigenvalue weighted by atomic mass is 35.5. The highest BCUT2D eigenvalue weighted by Gasteiger charge is 2.27. The lowest BCUT2D eigenvalue weighted by Crippen LogP contribution is -2.27. The van der Waals surface area contributed by atoms with E-state index in [-0.39, 0.29) is 15.6 Å². The molecule has 6 nitrogen and oxygen atoms in total. The van der Waals surface area contributed by atoms with Crippen LogP contribution in [0.1, 0.15) is 23.2 Å². The molecule has 126 valence electrons. The Balaban J connectivity index is 2.02. The number of sulfonamides is 1. The first kappa shape index (κ1) is 16.9. The summed E-state index contributed by atoms with van der Waals surface area (Å²) in [6.07, 6.45) is 3.15. The SMILES string of the molecule is O=C(O)c1cc(-c2cccc(S(=O)(=O)N3CCCC3)c2)cnc1Cl. The highest BCUT2D eigenvalue weighted by Crippen LogP contribution is 2.27. The van der Waals surface area contributed by atoms with Crippen molar-refractivity contribution in [2.45, 2.75) is 17.7 Å². The van der Waals surface area contributed by atoms with Crippen LogP contribution < -0.4 is 0 Å². The molecule has 2 heterocycles. The second-order valence-electron chi connectivity index (χ2n) is 5.51. The fraction of sp³-hybridized carbons (Fsp3) is 0.250. The lowest BCUT2D eigenvalue weighted by atomic mass is 10.1. The monoisotopic (exact) mass is 366 g/mol. The van der Waals surface area contributed by atoms with Gasteiger partial charge in [-0.3, -0.25) is 0 Å². The number of aromatic nitrogens is 1. The van der Waals surface area contributed by atoms with Gasteiger partial charge in [-0.15, -0.1) is 0 Å². The maximum atomic E-state index is 12.6.